The van der Waals surface area contributed by atoms with Crippen molar-refractivity contribution < 1.29 is 14.7 Å². The van der Waals surface area contributed by atoms with Gasteiger partial charge >= 0.3 is 5.97 Å². The second kappa shape index (κ2) is 5.57. The highest BCUT2D eigenvalue weighted by atomic mass is 35.5. The fourth-order valence-corrected chi connectivity index (χ4v) is 2.65. The number of amides is 1. The first-order chi connectivity index (χ1) is 9.02. The number of halogens is 1. The molecule has 102 valence electrons. The number of carboxylic acids is 1. The molecule has 1 saturated carbocycles. The average Bonchev–Trinajstić information content (AvgIpc) is 2.78. The Bertz CT molecular complexity index is 498. The van der Waals surface area contributed by atoms with E-state index in [0.717, 1.165) is 12.8 Å². The van der Waals surface area contributed by atoms with Crippen molar-refractivity contribution in [3.63, 3.8) is 0 Å². The van der Waals surface area contributed by atoms with Gasteiger partial charge in [-0.1, -0.05) is 24.4 Å². The van der Waals surface area contributed by atoms with E-state index in [4.69, 9.17) is 11.6 Å². The zero-order valence-corrected chi connectivity index (χ0v) is 11.1. The fraction of sp³-hybridized carbons (Fsp3) is 0.462. The maximum absolute atomic E-state index is 11.9. The van der Waals surface area contributed by atoms with Gasteiger partial charge in [0.25, 0.3) is 0 Å². The van der Waals surface area contributed by atoms with Crippen LogP contribution in [0.15, 0.2) is 18.3 Å². The molecule has 19 heavy (non-hydrogen) atoms. The smallest absolute Gasteiger partial charge is 0.310 e. The number of hydrogen-bond donors (Lipinski definition) is 2. The molecule has 1 aromatic heterocycles. The number of pyridine rings is 1. The Balaban J connectivity index is 2.02. The molecule has 0 unspecified atom stereocenters. The van der Waals surface area contributed by atoms with E-state index >= 15 is 0 Å². The molecule has 0 radical (unpaired) electrons. The molecular weight excluding hydrogens is 268 g/mol. The van der Waals surface area contributed by atoms with Gasteiger partial charge in [-0.15, -0.1) is 0 Å². The third-order valence-electron chi connectivity index (χ3n) is 3.50. The number of hydrogen-bond acceptors (Lipinski definition) is 3. The molecule has 1 fully saturated rings. The normalized spacial score (nSPS) is 17.1. The molecule has 1 heterocycles. The van der Waals surface area contributed by atoms with Crippen molar-refractivity contribution in [1.29, 1.82) is 0 Å². The third-order valence-corrected chi connectivity index (χ3v) is 3.74. The predicted octanol–water partition coefficient (Wildman–Crippen LogP) is 2.71. The Labute approximate surface area is 116 Å². The van der Waals surface area contributed by atoms with Gasteiger partial charge in [0.05, 0.1) is 5.41 Å². The van der Waals surface area contributed by atoms with Crippen LogP contribution >= 0.6 is 11.6 Å². The van der Waals surface area contributed by atoms with Gasteiger partial charge in [-0.05, 0) is 25.0 Å². The molecule has 0 saturated heterocycles. The summed E-state index contributed by atoms with van der Waals surface area (Å²) in [5.41, 5.74) is -0.914. The number of anilines is 1. The summed E-state index contributed by atoms with van der Waals surface area (Å²) in [6.07, 6.45) is 4.29. The average molecular weight is 283 g/mol. The lowest BCUT2D eigenvalue weighted by atomic mass is 9.82. The number of aromatic nitrogens is 1. The van der Waals surface area contributed by atoms with Crippen LogP contribution in [-0.2, 0) is 9.59 Å². The molecule has 5 nitrogen and oxygen atoms in total. The Morgan fingerprint density at radius 2 is 2.11 bits per heavy atom. The number of carbonyl (C=O) groups is 2. The number of nitrogens with zero attached hydrogens (tertiary/aromatic N) is 1. The number of rotatable bonds is 4. The van der Waals surface area contributed by atoms with E-state index < -0.39 is 11.4 Å². The van der Waals surface area contributed by atoms with Gasteiger partial charge in [-0.2, -0.15) is 0 Å². The maximum Gasteiger partial charge on any atom is 0.310 e. The van der Waals surface area contributed by atoms with Gasteiger partial charge in [-0.25, -0.2) is 4.98 Å². The first kappa shape index (κ1) is 13.8. The number of carboxylic acid groups (broad SMARTS) is 1. The van der Waals surface area contributed by atoms with E-state index in [9.17, 15) is 14.7 Å². The molecule has 1 aromatic rings. The van der Waals surface area contributed by atoms with Crippen molar-refractivity contribution in [2.24, 2.45) is 5.41 Å². The lowest BCUT2D eigenvalue weighted by Crippen LogP contribution is -2.32. The Morgan fingerprint density at radius 3 is 2.68 bits per heavy atom. The first-order valence-corrected chi connectivity index (χ1v) is 6.54. The zero-order chi connectivity index (χ0) is 13.9. The van der Waals surface area contributed by atoms with Gasteiger partial charge in [0, 0.05) is 17.6 Å². The molecule has 1 aliphatic rings. The molecular formula is C13H15ClN2O3. The van der Waals surface area contributed by atoms with E-state index in [2.05, 4.69) is 10.3 Å². The highest BCUT2D eigenvalue weighted by molar-refractivity contribution is 6.30. The molecule has 0 atom stereocenters. The van der Waals surface area contributed by atoms with Crippen molar-refractivity contribution in [2.75, 3.05) is 5.32 Å². The lowest BCUT2D eigenvalue weighted by Gasteiger charge is -2.22. The molecule has 1 amide bonds. The van der Waals surface area contributed by atoms with Gasteiger partial charge in [-0.3, -0.25) is 9.59 Å². The number of nitrogens with one attached hydrogen (secondary N) is 1. The number of aliphatic carboxylic acids is 1. The lowest BCUT2D eigenvalue weighted by molar-refractivity contribution is -0.150. The van der Waals surface area contributed by atoms with Crippen molar-refractivity contribution in [2.45, 2.75) is 32.1 Å². The largest absolute Gasteiger partial charge is 0.481 e. The second-order valence-corrected chi connectivity index (χ2v) is 5.31. The monoisotopic (exact) mass is 282 g/mol. The topological polar surface area (TPSA) is 79.3 Å². The summed E-state index contributed by atoms with van der Waals surface area (Å²) >= 11 is 5.79. The van der Waals surface area contributed by atoms with Crippen LogP contribution in [0.1, 0.15) is 32.1 Å². The van der Waals surface area contributed by atoms with E-state index in [1.807, 2.05) is 0 Å². The van der Waals surface area contributed by atoms with Gasteiger partial charge in [0.1, 0.15) is 5.82 Å². The van der Waals surface area contributed by atoms with Crippen LogP contribution in [0, 0.1) is 5.41 Å². The van der Waals surface area contributed by atoms with E-state index in [-0.39, 0.29) is 12.3 Å². The Hall–Kier alpha value is -1.62. The maximum atomic E-state index is 11.9. The minimum atomic E-state index is -0.914. The highest BCUT2D eigenvalue weighted by Crippen LogP contribution is 2.41. The SMILES string of the molecule is O=C(CC1(C(=O)O)CCCC1)Nc1cc(Cl)ccn1. The summed E-state index contributed by atoms with van der Waals surface area (Å²) in [7, 11) is 0. The summed E-state index contributed by atoms with van der Waals surface area (Å²) in [5, 5.41) is 12.4. The summed E-state index contributed by atoms with van der Waals surface area (Å²) in [6, 6.07) is 3.13. The van der Waals surface area contributed by atoms with E-state index in [1.165, 1.54) is 12.3 Å². The molecule has 0 spiro atoms. The van der Waals surface area contributed by atoms with Crippen LogP contribution in [0.4, 0.5) is 5.82 Å². The molecule has 1 aliphatic carbocycles. The molecule has 2 rings (SSSR count). The van der Waals surface area contributed by atoms with Crippen molar-refractivity contribution in [3.8, 4) is 0 Å². The van der Waals surface area contributed by atoms with Crippen LogP contribution in [-0.4, -0.2) is 22.0 Å². The van der Waals surface area contributed by atoms with Gasteiger partial charge in [0.2, 0.25) is 5.91 Å². The van der Waals surface area contributed by atoms with Crippen molar-refractivity contribution in [3.05, 3.63) is 23.4 Å². The minimum absolute atomic E-state index is 0.0173. The molecule has 6 heteroatoms. The number of carbonyl (C=O) groups excluding carboxylic acids is 1. The molecule has 0 aromatic carbocycles. The molecule has 0 aliphatic heterocycles. The van der Waals surface area contributed by atoms with Crippen LogP contribution in [0.2, 0.25) is 5.02 Å². The van der Waals surface area contributed by atoms with Gasteiger partial charge in [0.15, 0.2) is 0 Å². The van der Waals surface area contributed by atoms with E-state index in [0.29, 0.717) is 23.7 Å². The summed E-state index contributed by atoms with van der Waals surface area (Å²) in [6.45, 7) is 0. The fourth-order valence-electron chi connectivity index (χ4n) is 2.49. The van der Waals surface area contributed by atoms with Crippen LogP contribution in [0.25, 0.3) is 0 Å². The Kier molecular flexibility index (Phi) is 4.04. The second-order valence-electron chi connectivity index (χ2n) is 4.88. The summed E-state index contributed by atoms with van der Waals surface area (Å²) < 4.78 is 0. The van der Waals surface area contributed by atoms with Crippen LogP contribution in [0.3, 0.4) is 0 Å². The molecule has 2 N–H and O–H groups in total. The third kappa shape index (κ3) is 3.23. The van der Waals surface area contributed by atoms with E-state index in [1.54, 1.807) is 6.07 Å². The van der Waals surface area contributed by atoms with Crippen LogP contribution in [0.5, 0.6) is 0 Å². The predicted molar refractivity (Wildman–Crippen MR) is 71.0 cm³/mol. The van der Waals surface area contributed by atoms with Gasteiger partial charge < -0.3 is 10.4 Å². The standard InChI is InChI=1S/C13H15ClN2O3/c14-9-3-6-15-10(7-9)16-11(17)8-13(12(18)19)4-1-2-5-13/h3,6-7H,1-2,4-5,8H2,(H,18,19)(H,15,16,17). The van der Waals surface area contributed by atoms with Crippen LogP contribution < -0.4 is 5.32 Å². The minimum Gasteiger partial charge on any atom is -0.481 e. The summed E-state index contributed by atoms with van der Waals surface area (Å²) in [5.74, 6) is -0.880. The highest BCUT2D eigenvalue weighted by Gasteiger charge is 2.42. The van der Waals surface area contributed by atoms with Crippen molar-refractivity contribution >= 4 is 29.3 Å². The van der Waals surface area contributed by atoms with Crippen molar-refractivity contribution in [1.82, 2.24) is 4.98 Å². The quantitative estimate of drug-likeness (QED) is 0.890. The Morgan fingerprint density at radius 1 is 1.42 bits per heavy atom. The molecule has 0 bridgehead atoms. The summed E-state index contributed by atoms with van der Waals surface area (Å²) in [4.78, 5) is 27.2. The zero-order valence-electron chi connectivity index (χ0n) is 10.4. The first-order valence-electron chi connectivity index (χ1n) is 6.17.